The molecule has 3 N–H and O–H groups in total. The van der Waals surface area contributed by atoms with E-state index in [4.69, 9.17) is 11.6 Å². The van der Waals surface area contributed by atoms with E-state index >= 15 is 0 Å². The van der Waals surface area contributed by atoms with Gasteiger partial charge in [0.15, 0.2) is 0 Å². The van der Waals surface area contributed by atoms with Gasteiger partial charge in [-0.15, -0.1) is 11.3 Å². The van der Waals surface area contributed by atoms with Gasteiger partial charge in [-0.3, -0.25) is 25.1 Å². The second-order valence-electron chi connectivity index (χ2n) is 5.86. The van der Waals surface area contributed by atoms with Gasteiger partial charge >= 0.3 is 0 Å². The molecule has 1 aromatic carbocycles. The maximum atomic E-state index is 12.3. The Bertz CT molecular complexity index is 1140. The van der Waals surface area contributed by atoms with Crippen LogP contribution in [0, 0.1) is 6.92 Å². The predicted octanol–water partition coefficient (Wildman–Crippen LogP) is 3.15. The van der Waals surface area contributed by atoms with Crippen LogP contribution in [0.15, 0.2) is 30.3 Å². The van der Waals surface area contributed by atoms with Crippen molar-refractivity contribution in [3.05, 3.63) is 51.6 Å². The van der Waals surface area contributed by atoms with Crippen LogP contribution in [0.25, 0.3) is 21.1 Å². The summed E-state index contributed by atoms with van der Waals surface area (Å²) in [4.78, 5) is 29.0. The van der Waals surface area contributed by atoms with Crippen LogP contribution < -0.4 is 10.9 Å². The highest BCUT2D eigenvalue weighted by Gasteiger charge is 2.16. The molecule has 0 radical (unpaired) electrons. The number of carbonyl (C=O) groups excluding carboxylic acids is 2. The van der Waals surface area contributed by atoms with E-state index in [0.29, 0.717) is 15.6 Å². The number of carbonyl (C=O) groups is 2. The highest BCUT2D eigenvalue weighted by atomic mass is 35.5. The van der Waals surface area contributed by atoms with Crippen LogP contribution in [-0.4, -0.2) is 26.6 Å². The monoisotopic (exact) mass is 387 g/mol. The Labute approximate surface area is 156 Å². The SMILES string of the molecule is Cc1nn(C)c2sc(C(=O)NNC(=O)c3cc4cc(Cl)ccc4[nH]3)cc12. The number of nitrogens with one attached hydrogen (secondary N) is 3. The molecule has 2 amide bonds. The number of aryl methyl sites for hydroxylation is 2. The Balaban J connectivity index is 1.48. The van der Waals surface area contributed by atoms with Crippen LogP contribution in [0.4, 0.5) is 0 Å². The van der Waals surface area contributed by atoms with E-state index in [0.717, 1.165) is 26.8 Å². The normalized spacial score (nSPS) is 11.2. The molecule has 0 unspecified atom stereocenters. The fourth-order valence-corrected chi connectivity index (χ4v) is 3.98. The van der Waals surface area contributed by atoms with Gasteiger partial charge in [0.2, 0.25) is 0 Å². The number of halogens is 1. The van der Waals surface area contributed by atoms with Gasteiger partial charge < -0.3 is 4.98 Å². The second kappa shape index (κ2) is 6.15. The fourth-order valence-electron chi connectivity index (χ4n) is 2.79. The predicted molar refractivity (Wildman–Crippen MR) is 102 cm³/mol. The number of H-pyrrole nitrogens is 1. The van der Waals surface area contributed by atoms with E-state index in [1.807, 2.05) is 14.0 Å². The van der Waals surface area contributed by atoms with Crippen molar-refractivity contribution in [2.75, 3.05) is 0 Å². The third-order valence-electron chi connectivity index (χ3n) is 4.04. The smallest absolute Gasteiger partial charge is 0.286 e. The number of aromatic nitrogens is 3. The summed E-state index contributed by atoms with van der Waals surface area (Å²) in [5.41, 5.74) is 6.84. The summed E-state index contributed by atoms with van der Waals surface area (Å²) in [6, 6.07) is 8.74. The van der Waals surface area contributed by atoms with E-state index in [1.165, 1.54) is 11.3 Å². The lowest BCUT2D eigenvalue weighted by Gasteiger charge is -2.04. The van der Waals surface area contributed by atoms with E-state index < -0.39 is 5.91 Å². The largest absolute Gasteiger partial charge is 0.350 e. The molecule has 0 spiro atoms. The first kappa shape index (κ1) is 16.6. The molecule has 3 aromatic heterocycles. The summed E-state index contributed by atoms with van der Waals surface area (Å²) in [5, 5.41) is 6.65. The summed E-state index contributed by atoms with van der Waals surface area (Å²) in [6.45, 7) is 1.89. The zero-order valence-electron chi connectivity index (χ0n) is 13.9. The molecule has 0 atom stereocenters. The molecule has 0 saturated heterocycles. The Morgan fingerprint density at radius 1 is 1.19 bits per heavy atom. The molecule has 4 aromatic rings. The van der Waals surface area contributed by atoms with Crippen LogP contribution in [0.1, 0.15) is 25.9 Å². The number of nitrogens with zero attached hydrogens (tertiary/aromatic N) is 2. The fraction of sp³-hybridized carbons (Fsp3) is 0.118. The second-order valence-corrected chi connectivity index (χ2v) is 7.33. The molecule has 0 aliphatic carbocycles. The van der Waals surface area contributed by atoms with E-state index in [9.17, 15) is 9.59 Å². The quantitative estimate of drug-likeness (QED) is 0.461. The van der Waals surface area contributed by atoms with Gasteiger partial charge in [-0.25, -0.2) is 0 Å². The highest BCUT2D eigenvalue weighted by molar-refractivity contribution is 7.20. The summed E-state index contributed by atoms with van der Waals surface area (Å²) in [5.74, 6) is -0.817. The number of thiophene rings is 1. The standard InChI is InChI=1S/C17H14ClN5O2S/c1-8-11-7-14(26-17(11)23(2)22-8)16(25)21-20-15(24)13-6-9-5-10(18)3-4-12(9)19-13/h3-7,19H,1-2H3,(H,20,24)(H,21,25). The third-order valence-corrected chi connectivity index (χ3v) is 5.47. The number of rotatable bonds is 2. The number of fused-ring (bicyclic) bond motifs is 2. The van der Waals surface area contributed by atoms with Crippen molar-refractivity contribution < 1.29 is 9.59 Å². The van der Waals surface area contributed by atoms with Crippen LogP contribution >= 0.6 is 22.9 Å². The first-order chi connectivity index (χ1) is 12.4. The number of benzene rings is 1. The lowest BCUT2D eigenvalue weighted by molar-refractivity contribution is 0.0846. The number of aromatic amines is 1. The first-order valence-corrected chi connectivity index (χ1v) is 8.94. The van der Waals surface area contributed by atoms with Crippen molar-refractivity contribution in [1.82, 2.24) is 25.6 Å². The van der Waals surface area contributed by atoms with Crippen molar-refractivity contribution in [3.63, 3.8) is 0 Å². The lowest BCUT2D eigenvalue weighted by Crippen LogP contribution is -2.41. The average Bonchev–Trinajstić information content (AvgIpc) is 3.28. The van der Waals surface area contributed by atoms with Crippen molar-refractivity contribution in [3.8, 4) is 0 Å². The van der Waals surface area contributed by atoms with Gasteiger partial charge in [0.05, 0.1) is 10.6 Å². The van der Waals surface area contributed by atoms with Gasteiger partial charge in [-0.05, 0) is 37.3 Å². The Kier molecular flexibility index (Phi) is 3.93. The van der Waals surface area contributed by atoms with Gasteiger partial charge in [-0.1, -0.05) is 11.6 Å². The van der Waals surface area contributed by atoms with Gasteiger partial charge in [0, 0.05) is 28.4 Å². The number of hydrazine groups is 1. The van der Waals surface area contributed by atoms with Gasteiger partial charge in [0.1, 0.15) is 10.5 Å². The van der Waals surface area contributed by atoms with E-state index in [-0.39, 0.29) is 5.91 Å². The van der Waals surface area contributed by atoms with Crippen molar-refractivity contribution in [1.29, 1.82) is 0 Å². The minimum Gasteiger partial charge on any atom is -0.350 e. The molecule has 7 nitrogen and oxygen atoms in total. The molecular formula is C17H14ClN5O2S. The molecule has 132 valence electrons. The van der Waals surface area contributed by atoms with Crippen LogP contribution in [0.2, 0.25) is 5.02 Å². The molecule has 0 aliphatic heterocycles. The Morgan fingerprint density at radius 3 is 2.73 bits per heavy atom. The Hall–Kier alpha value is -2.84. The highest BCUT2D eigenvalue weighted by Crippen LogP contribution is 2.27. The molecule has 0 bridgehead atoms. The molecule has 0 aliphatic rings. The number of hydrogen-bond donors (Lipinski definition) is 3. The number of amides is 2. The van der Waals surface area contributed by atoms with Crippen LogP contribution in [0.5, 0.6) is 0 Å². The Morgan fingerprint density at radius 2 is 1.96 bits per heavy atom. The summed E-state index contributed by atoms with van der Waals surface area (Å²) in [6.07, 6.45) is 0. The van der Waals surface area contributed by atoms with Crippen molar-refractivity contribution >= 4 is 55.9 Å². The topological polar surface area (TPSA) is 91.8 Å². The summed E-state index contributed by atoms with van der Waals surface area (Å²) >= 11 is 7.27. The minimum atomic E-state index is -0.440. The molecule has 0 saturated carbocycles. The number of hydrogen-bond acceptors (Lipinski definition) is 4. The lowest BCUT2D eigenvalue weighted by atomic mass is 10.2. The zero-order valence-corrected chi connectivity index (χ0v) is 15.5. The van der Waals surface area contributed by atoms with Crippen LogP contribution in [-0.2, 0) is 7.05 Å². The van der Waals surface area contributed by atoms with Crippen LogP contribution in [0.3, 0.4) is 0 Å². The molecule has 0 fully saturated rings. The van der Waals surface area contributed by atoms with Gasteiger partial charge in [0.25, 0.3) is 11.8 Å². The van der Waals surface area contributed by atoms with Crippen molar-refractivity contribution in [2.45, 2.75) is 6.92 Å². The average molecular weight is 388 g/mol. The van der Waals surface area contributed by atoms with Gasteiger partial charge in [-0.2, -0.15) is 5.10 Å². The molecule has 3 heterocycles. The summed E-state index contributed by atoms with van der Waals surface area (Å²) in [7, 11) is 1.83. The van der Waals surface area contributed by atoms with E-state index in [1.54, 1.807) is 35.0 Å². The van der Waals surface area contributed by atoms with Crippen molar-refractivity contribution in [2.24, 2.45) is 7.05 Å². The molecular weight excluding hydrogens is 374 g/mol. The third kappa shape index (κ3) is 2.83. The molecule has 4 rings (SSSR count). The molecule has 9 heteroatoms. The maximum absolute atomic E-state index is 12.3. The molecule has 26 heavy (non-hydrogen) atoms. The first-order valence-electron chi connectivity index (χ1n) is 7.74. The maximum Gasteiger partial charge on any atom is 0.286 e. The minimum absolute atomic E-state index is 0.332. The summed E-state index contributed by atoms with van der Waals surface area (Å²) < 4.78 is 1.74. The van der Waals surface area contributed by atoms with E-state index in [2.05, 4.69) is 20.9 Å². The zero-order chi connectivity index (χ0) is 18.4.